The summed E-state index contributed by atoms with van der Waals surface area (Å²) in [5, 5.41) is 0. The maximum atomic E-state index is 5.68. The minimum atomic E-state index is -0.110. The molecule has 1 aliphatic heterocycles. The van der Waals surface area contributed by atoms with Crippen LogP contribution in [0.15, 0.2) is 18.7 Å². The van der Waals surface area contributed by atoms with Crippen molar-refractivity contribution in [3.8, 4) is 0 Å². The Morgan fingerprint density at radius 1 is 1.64 bits per heavy atom. The van der Waals surface area contributed by atoms with Gasteiger partial charge in [0.15, 0.2) is 6.29 Å². The number of aromatic nitrogens is 2. The molecule has 0 aromatic carbocycles. The van der Waals surface area contributed by atoms with Crippen molar-refractivity contribution in [2.45, 2.75) is 18.9 Å². The maximum Gasteiger partial charge on any atom is 0.175 e. The molecule has 2 heterocycles. The smallest absolute Gasteiger partial charge is 0.175 e. The Hall–Kier alpha value is -0.520. The first kappa shape index (κ1) is 10.0. The predicted molar refractivity (Wildman–Crippen MR) is 55.2 cm³/mol. The zero-order chi connectivity index (χ0) is 9.80. The van der Waals surface area contributed by atoms with Crippen LogP contribution < -0.4 is 0 Å². The van der Waals surface area contributed by atoms with Gasteiger partial charge in [-0.2, -0.15) is 11.8 Å². The molecule has 14 heavy (non-hydrogen) atoms. The molecule has 1 aromatic heterocycles. The number of ether oxygens (including phenoxy) is 2. The number of hydrogen-bond acceptors (Lipinski definition) is 4. The topological polar surface area (TPSA) is 36.3 Å². The average Bonchev–Trinajstić information content (AvgIpc) is 2.79. The average molecular weight is 214 g/mol. The van der Waals surface area contributed by atoms with Crippen LogP contribution in [-0.4, -0.2) is 40.6 Å². The van der Waals surface area contributed by atoms with Crippen LogP contribution in [0.2, 0.25) is 0 Å². The third-order valence-electron chi connectivity index (χ3n) is 2.08. The Morgan fingerprint density at radius 3 is 3.29 bits per heavy atom. The van der Waals surface area contributed by atoms with Gasteiger partial charge in [0.2, 0.25) is 0 Å². The van der Waals surface area contributed by atoms with E-state index in [1.165, 1.54) is 0 Å². The lowest BCUT2D eigenvalue weighted by Crippen LogP contribution is -2.18. The van der Waals surface area contributed by atoms with Crippen molar-refractivity contribution in [2.24, 2.45) is 0 Å². The summed E-state index contributed by atoms with van der Waals surface area (Å²) in [6, 6.07) is 0. The number of hydrogen-bond donors (Lipinski definition) is 0. The molecule has 0 amide bonds. The lowest BCUT2D eigenvalue weighted by molar-refractivity contribution is -0.0640. The largest absolute Gasteiger partial charge is 0.348 e. The molecule has 4 nitrogen and oxygen atoms in total. The van der Waals surface area contributed by atoms with E-state index < -0.39 is 0 Å². The molecular weight excluding hydrogens is 200 g/mol. The molecular formula is C9H14N2O2S. The molecule has 0 saturated carbocycles. The number of thioether (sulfide) groups is 1. The number of rotatable bonds is 4. The molecule has 2 unspecified atom stereocenters. The Kier molecular flexibility index (Phi) is 3.44. The molecule has 1 aromatic rings. The van der Waals surface area contributed by atoms with E-state index in [4.69, 9.17) is 9.47 Å². The fourth-order valence-corrected chi connectivity index (χ4v) is 1.99. The van der Waals surface area contributed by atoms with E-state index in [1.807, 2.05) is 10.8 Å². The van der Waals surface area contributed by atoms with Crippen molar-refractivity contribution >= 4 is 11.8 Å². The molecule has 1 aliphatic rings. The van der Waals surface area contributed by atoms with Crippen LogP contribution >= 0.6 is 11.8 Å². The Labute approximate surface area is 87.6 Å². The molecule has 0 bridgehead atoms. The fourth-order valence-electron chi connectivity index (χ4n) is 1.44. The molecule has 0 N–H and O–H groups in total. The highest BCUT2D eigenvalue weighted by Gasteiger charge is 2.25. The first-order valence-electron chi connectivity index (χ1n) is 4.60. The summed E-state index contributed by atoms with van der Waals surface area (Å²) in [4.78, 5) is 3.97. The SMILES string of the molecule is CSCC1COC(Cn2ccnc2)O1. The van der Waals surface area contributed by atoms with Crippen molar-refractivity contribution in [3.63, 3.8) is 0 Å². The van der Waals surface area contributed by atoms with Gasteiger partial charge in [-0.15, -0.1) is 0 Å². The van der Waals surface area contributed by atoms with Gasteiger partial charge in [-0.25, -0.2) is 4.98 Å². The van der Waals surface area contributed by atoms with Gasteiger partial charge >= 0.3 is 0 Å². The van der Waals surface area contributed by atoms with Gasteiger partial charge in [0.1, 0.15) is 0 Å². The highest BCUT2D eigenvalue weighted by Crippen LogP contribution is 2.16. The summed E-state index contributed by atoms with van der Waals surface area (Å²) in [6.45, 7) is 1.44. The van der Waals surface area contributed by atoms with Crippen molar-refractivity contribution in [1.29, 1.82) is 0 Å². The normalized spacial score (nSPS) is 26.9. The van der Waals surface area contributed by atoms with Crippen LogP contribution in [0.5, 0.6) is 0 Å². The van der Waals surface area contributed by atoms with E-state index in [9.17, 15) is 0 Å². The van der Waals surface area contributed by atoms with Gasteiger partial charge in [-0.1, -0.05) is 0 Å². The quantitative estimate of drug-likeness (QED) is 0.749. The summed E-state index contributed by atoms with van der Waals surface area (Å²) < 4.78 is 13.2. The molecule has 0 radical (unpaired) electrons. The van der Waals surface area contributed by atoms with Gasteiger partial charge in [0, 0.05) is 18.1 Å². The first-order valence-corrected chi connectivity index (χ1v) is 5.99. The number of nitrogens with zero attached hydrogens (tertiary/aromatic N) is 2. The van der Waals surface area contributed by atoms with Crippen LogP contribution in [0.3, 0.4) is 0 Å². The van der Waals surface area contributed by atoms with Crippen molar-refractivity contribution in [3.05, 3.63) is 18.7 Å². The molecule has 1 saturated heterocycles. The van der Waals surface area contributed by atoms with Gasteiger partial charge in [-0.3, -0.25) is 0 Å². The van der Waals surface area contributed by atoms with E-state index in [1.54, 1.807) is 24.3 Å². The third kappa shape index (κ3) is 2.50. The third-order valence-corrected chi connectivity index (χ3v) is 2.79. The van der Waals surface area contributed by atoms with Gasteiger partial charge in [0.25, 0.3) is 0 Å². The lowest BCUT2D eigenvalue weighted by Gasteiger charge is -2.10. The molecule has 5 heteroatoms. The standard InChI is InChI=1S/C9H14N2O2S/c1-14-6-8-5-12-9(13-8)4-11-3-2-10-7-11/h2-3,7-9H,4-6H2,1H3. The monoisotopic (exact) mass is 214 g/mol. The highest BCUT2D eigenvalue weighted by molar-refractivity contribution is 7.98. The minimum absolute atomic E-state index is 0.110. The molecule has 2 rings (SSSR count). The van der Waals surface area contributed by atoms with Crippen LogP contribution in [0.25, 0.3) is 0 Å². The van der Waals surface area contributed by atoms with E-state index in [0.29, 0.717) is 6.61 Å². The Morgan fingerprint density at radius 2 is 2.57 bits per heavy atom. The summed E-state index contributed by atoms with van der Waals surface area (Å²) in [5.74, 6) is 1.00. The summed E-state index contributed by atoms with van der Waals surface area (Å²) in [5.41, 5.74) is 0. The van der Waals surface area contributed by atoms with Gasteiger partial charge in [0.05, 0.1) is 25.6 Å². The molecule has 78 valence electrons. The molecule has 1 fully saturated rings. The van der Waals surface area contributed by atoms with Crippen LogP contribution in [0.1, 0.15) is 0 Å². The first-order chi connectivity index (χ1) is 6.88. The van der Waals surface area contributed by atoms with Crippen molar-refractivity contribution in [1.82, 2.24) is 9.55 Å². The molecule has 0 spiro atoms. The van der Waals surface area contributed by atoms with E-state index in [2.05, 4.69) is 11.2 Å². The lowest BCUT2D eigenvalue weighted by atomic mass is 10.4. The minimum Gasteiger partial charge on any atom is -0.348 e. The molecule has 2 atom stereocenters. The van der Waals surface area contributed by atoms with Gasteiger partial charge < -0.3 is 14.0 Å². The summed E-state index contributed by atoms with van der Waals surface area (Å²) >= 11 is 1.78. The molecule has 0 aliphatic carbocycles. The second-order valence-corrected chi connectivity index (χ2v) is 4.15. The van der Waals surface area contributed by atoms with E-state index >= 15 is 0 Å². The van der Waals surface area contributed by atoms with Crippen molar-refractivity contribution in [2.75, 3.05) is 18.6 Å². The summed E-state index contributed by atoms with van der Waals surface area (Å²) in [6.07, 6.45) is 7.66. The second kappa shape index (κ2) is 4.82. The predicted octanol–water partition coefficient (Wildman–Crippen LogP) is 0.988. The zero-order valence-electron chi connectivity index (χ0n) is 8.13. The van der Waals surface area contributed by atoms with E-state index in [-0.39, 0.29) is 12.4 Å². The second-order valence-electron chi connectivity index (χ2n) is 3.24. The van der Waals surface area contributed by atoms with Crippen molar-refractivity contribution < 1.29 is 9.47 Å². The fraction of sp³-hybridized carbons (Fsp3) is 0.667. The van der Waals surface area contributed by atoms with Crippen LogP contribution in [0.4, 0.5) is 0 Å². The van der Waals surface area contributed by atoms with Crippen LogP contribution in [-0.2, 0) is 16.0 Å². The Balaban J connectivity index is 1.79. The highest BCUT2D eigenvalue weighted by atomic mass is 32.2. The summed E-state index contributed by atoms with van der Waals surface area (Å²) in [7, 11) is 0. The van der Waals surface area contributed by atoms with Gasteiger partial charge in [-0.05, 0) is 6.26 Å². The maximum absolute atomic E-state index is 5.68. The van der Waals surface area contributed by atoms with E-state index in [0.717, 1.165) is 12.3 Å². The number of imidazole rings is 1. The zero-order valence-corrected chi connectivity index (χ0v) is 8.94. The van der Waals surface area contributed by atoms with Crippen LogP contribution in [0, 0.1) is 0 Å². The Bertz CT molecular complexity index is 266.